The lowest BCUT2D eigenvalue weighted by atomic mass is 10.0. The number of carbonyl (C=O) groups is 1. The zero-order chi connectivity index (χ0) is 18.2. The van der Waals surface area contributed by atoms with Gasteiger partial charge in [-0.05, 0) is 56.1 Å². The lowest BCUT2D eigenvalue weighted by Crippen LogP contribution is -2.37. The van der Waals surface area contributed by atoms with Gasteiger partial charge in [0.2, 0.25) is 5.91 Å². The van der Waals surface area contributed by atoms with Gasteiger partial charge in [-0.2, -0.15) is 0 Å². The summed E-state index contributed by atoms with van der Waals surface area (Å²) in [5.41, 5.74) is 2.28. The molecular formula is C22H28N2O2. The molecule has 4 heteroatoms. The summed E-state index contributed by atoms with van der Waals surface area (Å²) in [5, 5.41) is 3.13. The lowest BCUT2D eigenvalue weighted by Gasteiger charge is -2.28. The van der Waals surface area contributed by atoms with Crippen molar-refractivity contribution >= 4 is 5.91 Å². The van der Waals surface area contributed by atoms with Crippen LogP contribution in [0.4, 0.5) is 0 Å². The van der Waals surface area contributed by atoms with E-state index in [1.54, 1.807) is 0 Å². The fraction of sp³-hybridized carbons (Fsp3) is 0.409. The SMILES string of the molecule is CCOc1ccc(C(CNC(=O)Cc2ccccc2)N2CCCC2)cc1. The quantitative estimate of drug-likeness (QED) is 0.789. The third-order valence-electron chi connectivity index (χ3n) is 4.86. The Morgan fingerprint density at radius 2 is 1.77 bits per heavy atom. The predicted octanol–water partition coefficient (Wildman–Crippen LogP) is 3.58. The van der Waals surface area contributed by atoms with Crippen molar-refractivity contribution in [3.05, 3.63) is 65.7 Å². The molecule has 1 unspecified atom stereocenters. The van der Waals surface area contributed by atoms with Gasteiger partial charge in [0, 0.05) is 6.54 Å². The second kappa shape index (κ2) is 9.39. The molecular weight excluding hydrogens is 324 g/mol. The van der Waals surface area contributed by atoms with Gasteiger partial charge < -0.3 is 10.1 Å². The standard InChI is InChI=1S/C22H28N2O2/c1-2-26-20-12-10-19(11-13-20)21(24-14-6-7-15-24)17-23-22(25)16-18-8-4-3-5-9-18/h3-5,8-13,21H,2,6-7,14-17H2,1H3,(H,23,25). The zero-order valence-electron chi connectivity index (χ0n) is 15.5. The van der Waals surface area contributed by atoms with E-state index in [2.05, 4.69) is 22.3 Å². The van der Waals surface area contributed by atoms with Crippen LogP contribution < -0.4 is 10.1 Å². The minimum atomic E-state index is 0.0753. The van der Waals surface area contributed by atoms with Gasteiger partial charge in [-0.25, -0.2) is 0 Å². The zero-order valence-corrected chi connectivity index (χ0v) is 15.5. The topological polar surface area (TPSA) is 41.6 Å². The molecule has 1 aliphatic rings. The van der Waals surface area contributed by atoms with E-state index in [0.29, 0.717) is 19.6 Å². The molecule has 2 aromatic rings. The summed E-state index contributed by atoms with van der Waals surface area (Å²) in [6, 6.07) is 18.4. The molecule has 26 heavy (non-hydrogen) atoms. The fourth-order valence-electron chi connectivity index (χ4n) is 3.52. The summed E-state index contributed by atoms with van der Waals surface area (Å²) in [5.74, 6) is 0.968. The van der Waals surface area contributed by atoms with Crippen LogP contribution in [-0.4, -0.2) is 37.0 Å². The molecule has 138 valence electrons. The van der Waals surface area contributed by atoms with Crippen molar-refractivity contribution in [3.8, 4) is 5.75 Å². The Kier molecular flexibility index (Phi) is 6.67. The third-order valence-corrected chi connectivity index (χ3v) is 4.86. The summed E-state index contributed by atoms with van der Waals surface area (Å²) in [6.45, 7) is 5.48. The lowest BCUT2D eigenvalue weighted by molar-refractivity contribution is -0.120. The Balaban J connectivity index is 1.63. The first-order valence-corrected chi connectivity index (χ1v) is 9.53. The van der Waals surface area contributed by atoms with Gasteiger partial charge in [0.1, 0.15) is 5.75 Å². The maximum absolute atomic E-state index is 12.4. The number of nitrogens with zero attached hydrogens (tertiary/aromatic N) is 1. The predicted molar refractivity (Wildman–Crippen MR) is 104 cm³/mol. The maximum Gasteiger partial charge on any atom is 0.224 e. The van der Waals surface area contributed by atoms with E-state index in [1.165, 1.54) is 18.4 Å². The molecule has 0 bridgehead atoms. The molecule has 1 aliphatic heterocycles. The Hall–Kier alpha value is -2.33. The van der Waals surface area contributed by atoms with E-state index in [4.69, 9.17) is 4.74 Å². The Labute approximate surface area is 156 Å². The Morgan fingerprint density at radius 3 is 2.42 bits per heavy atom. The van der Waals surface area contributed by atoms with E-state index in [0.717, 1.165) is 24.4 Å². The maximum atomic E-state index is 12.4. The number of amides is 1. The van der Waals surface area contributed by atoms with Gasteiger partial charge in [0.05, 0.1) is 19.1 Å². The highest BCUT2D eigenvalue weighted by Gasteiger charge is 2.24. The van der Waals surface area contributed by atoms with Crippen molar-refractivity contribution in [2.75, 3.05) is 26.2 Å². The summed E-state index contributed by atoms with van der Waals surface area (Å²) < 4.78 is 5.55. The van der Waals surface area contributed by atoms with Crippen molar-refractivity contribution in [2.45, 2.75) is 32.2 Å². The van der Waals surface area contributed by atoms with Gasteiger partial charge in [0.15, 0.2) is 0 Å². The number of carbonyl (C=O) groups excluding carboxylic acids is 1. The van der Waals surface area contributed by atoms with Crippen LogP contribution in [0.5, 0.6) is 5.75 Å². The molecule has 1 saturated heterocycles. The molecule has 3 rings (SSSR count). The molecule has 0 aliphatic carbocycles. The van der Waals surface area contributed by atoms with E-state index in [-0.39, 0.29) is 11.9 Å². The monoisotopic (exact) mass is 352 g/mol. The van der Waals surface area contributed by atoms with Crippen LogP contribution in [0.3, 0.4) is 0 Å². The van der Waals surface area contributed by atoms with Crippen LogP contribution in [0.1, 0.15) is 36.9 Å². The highest BCUT2D eigenvalue weighted by atomic mass is 16.5. The second-order valence-electron chi connectivity index (χ2n) is 6.73. The summed E-state index contributed by atoms with van der Waals surface area (Å²) in [4.78, 5) is 14.8. The number of hydrogen-bond donors (Lipinski definition) is 1. The van der Waals surface area contributed by atoms with Crippen molar-refractivity contribution in [1.82, 2.24) is 10.2 Å². The van der Waals surface area contributed by atoms with Gasteiger partial charge in [-0.1, -0.05) is 42.5 Å². The molecule has 1 N–H and O–H groups in total. The van der Waals surface area contributed by atoms with Crippen molar-refractivity contribution < 1.29 is 9.53 Å². The number of benzene rings is 2. The molecule has 0 saturated carbocycles. The van der Waals surface area contributed by atoms with Crippen LogP contribution >= 0.6 is 0 Å². The summed E-state index contributed by atoms with van der Waals surface area (Å²) in [6.07, 6.45) is 2.88. The summed E-state index contributed by atoms with van der Waals surface area (Å²) in [7, 11) is 0. The molecule has 2 aromatic carbocycles. The highest BCUT2D eigenvalue weighted by molar-refractivity contribution is 5.78. The van der Waals surface area contributed by atoms with Crippen molar-refractivity contribution in [1.29, 1.82) is 0 Å². The smallest absolute Gasteiger partial charge is 0.224 e. The van der Waals surface area contributed by atoms with Gasteiger partial charge in [0.25, 0.3) is 0 Å². The molecule has 0 spiro atoms. The van der Waals surface area contributed by atoms with Crippen LogP contribution in [0, 0.1) is 0 Å². The first-order valence-electron chi connectivity index (χ1n) is 9.53. The minimum Gasteiger partial charge on any atom is -0.494 e. The Bertz CT molecular complexity index is 679. The highest BCUT2D eigenvalue weighted by Crippen LogP contribution is 2.26. The van der Waals surface area contributed by atoms with Gasteiger partial charge in [-0.3, -0.25) is 9.69 Å². The number of hydrogen-bond acceptors (Lipinski definition) is 3. The minimum absolute atomic E-state index is 0.0753. The molecule has 1 amide bonds. The third kappa shape index (κ3) is 5.09. The number of likely N-dealkylation sites (tertiary alicyclic amines) is 1. The van der Waals surface area contributed by atoms with Crippen molar-refractivity contribution in [3.63, 3.8) is 0 Å². The molecule has 4 nitrogen and oxygen atoms in total. The van der Waals surface area contributed by atoms with Crippen LogP contribution in [0.15, 0.2) is 54.6 Å². The molecule has 1 atom stereocenters. The second-order valence-corrected chi connectivity index (χ2v) is 6.73. The average Bonchev–Trinajstić information content (AvgIpc) is 3.19. The van der Waals surface area contributed by atoms with Crippen molar-refractivity contribution in [2.24, 2.45) is 0 Å². The van der Waals surface area contributed by atoms with E-state index in [1.807, 2.05) is 49.4 Å². The van der Waals surface area contributed by atoms with E-state index in [9.17, 15) is 4.79 Å². The van der Waals surface area contributed by atoms with E-state index < -0.39 is 0 Å². The van der Waals surface area contributed by atoms with Gasteiger partial charge in [-0.15, -0.1) is 0 Å². The van der Waals surface area contributed by atoms with Crippen LogP contribution in [-0.2, 0) is 11.2 Å². The van der Waals surface area contributed by atoms with Crippen LogP contribution in [0.2, 0.25) is 0 Å². The Morgan fingerprint density at radius 1 is 1.08 bits per heavy atom. The first kappa shape index (κ1) is 18.5. The normalized spacial score (nSPS) is 15.6. The number of nitrogens with one attached hydrogen (secondary N) is 1. The number of ether oxygens (including phenoxy) is 1. The molecule has 1 fully saturated rings. The molecule has 0 radical (unpaired) electrons. The van der Waals surface area contributed by atoms with Gasteiger partial charge >= 0.3 is 0 Å². The van der Waals surface area contributed by atoms with Crippen LogP contribution in [0.25, 0.3) is 0 Å². The number of rotatable bonds is 8. The summed E-state index contributed by atoms with van der Waals surface area (Å²) >= 11 is 0. The average molecular weight is 352 g/mol. The molecule has 1 heterocycles. The first-order chi connectivity index (χ1) is 12.8. The fourth-order valence-corrected chi connectivity index (χ4v) is 3.52. The largest absolute Gasteiger partial charge is 0.494 e. The van der Waals surface area contributed by atoms with E-state index >= 15 is 0 Å². The molecule has 0 aromatic heterocycles.